The normalized spacial score (nSPS) is 12.3. The van der Waals surface area contributed by atoms with Crippen molar-refractivity contribution in [2.24, 2.45) is 0 Å². The molecule has 0 saturated carbocycles. The van der Waals surface area contributed by atoms with Gasteiger partial charge in [0.1, 0.15) is 10.5 Å². The molecule has 0 spiro atoms. The highest BCUT2D eigenvalue weighted by molar-refractivity contribution is 9.10. The van der Waals surface area contributed by atoms with Crippen molar-refractivity contribution in [2.45, 2.75) is 39.4 Å². The zero-order valence-electron chi connectivity index (χ0n) is 11.7. The lowest BCUT2D eigenvalue weighted by molar-refractivity contribution is -0.122. The third kappa shape index (κ3) is 4.31. The maximum absolute atomic E-state index is 11.9. The van der Waals surface area contributed by atoms with Crippen LogP contribution in [0, 0.1) is 0 Å². The van der Waals surface area contributed by atoms with Crippen LogP contribution >= 0.6 is 15.9 Å². The molecule has 1 heterocycles. The number of halogens is 1. The predicted molar refractivity (Wildman–Crippen MR) is 79.6 cm³/mol. The fourth-order valence-electron chi connectivity index (χ4n) is 1.53. The van der Waals surface area contributed by atoms with Gasteiger partial charge in [0.25, 0.3) is 5.56 Å². The van der Waals surface area contributed by atoms with Crippen LogP contribution in [0.4, 0.5) is 5.69 Å². The van der Waals surface area contributed by atoms with E-state index in [4.69, 9.17) is 5.11 Å². The molecule has 1 aromatic heterocycles. The summed E-state index contributed by atoms with van der Waals surface area (Å²) in [6, 6.07) is -0.450. The standard InChI is InChI=1S/C12H19BrN4O3/c1-7(2)15-11(19)8(3)16-9-6-14-17(4-5-18)12(20)10(9)13/h6-8,16,18H,4-5H2,1-3H3,(H,15,19). The van der Waals surface area contributed by atoms with Crippen LogP contribution in [0.25, 0.3) is 0 Å². The molecule has 1 atom stereocenters. The van der Waals surface area contributed by atoms with E-state index in [1.807, 2.05) is 13.8 Å². The van der Waals surface area contributed by atoms with E-state index in [2.05, 4.69) is 31.7 Å². The van der Waals surface area contributed by atoms with E-state index in [1.165, 1.54) is 6.20 Å². The summed E-state index contributed by atoms with van der Waals surface area (Å²) in [4.78, 5) is 23.7. The molecular formula is C12H19BrN4O3. The molecule has 0 aliphatic heterocycles. The van der Waals surface area contributed by atoms with Crippen molar-refractivity contribution >= 4 is 27.5 Å². The number of hydrogen-bond donors (Lipinski definition) is 3. The second-order valence-electron chi connectivity index (χ2n) is 4.65. The highest BCUT2D eigenvalue weighted by Crippen LogP contribution is 2.17. The highest BCUT2D eigenvalue weighted by atomic mass is 79.9. The summed E-state index contributed by atoms with van der Waals surface area (Å²) in [7, 11) is 0. The fourth-order valence-corrected chi connectivity index (χ4v) is 1.95. The number of aliphatic hydroxyl groups is 1. The predicted octanol–water partition coefficient (Wildman–Crippen LogP) is 0.323. The van der Waals surface area contributed by atoms with Crippen molar-refractivity contribution in [2.75, 3.05) is 11.9 Å². The van der Waals surface area contributed by atoms with E-state index in [0.717, 1.165) is 4.68 Å². The maximum atomic E-state index is 11.9. The summed E-state index contributed by atoms with van der Waals surface area (Å²) < 4.78 is 1.43. The third-order valence-corrected chi connectivity index (χ3v) is 3.26. The number of amides is 1. The van der Waals surface area contributed by atoms with Crippen LogP contribution in [0.1, 0.15) is 20.8 Å². The van der Waals surface area contributed by atoms with Gasteiger partial charge >= 0.3 is 0 Å². The van der Waals surface area contributed by atoms with Gasteiger partial charge < -0.3 is 15.7 Å². The lowest BCUT2D eigenvalue weighted by Crippen LogP contribution is -2.41. The first-order chi connectivity index (χ1) is 9.36. The Bertz CT molecular complexity index is 530. The Balaban J connectivity index is 2.86. The van der Waals surface area contributed by atoms with Gasteiger partial charge in [-0.15, -0.1) is 0 Å². The van der Waals surface area contributed by atoms with Gasteiger partial charge in [-0.25, -0.2) is 4.68 Å². The topological polar surface area (TPSA) is 96.2 Å². The smallest absolute Gasteiger partial charge is 0.283 e. The van der Waals surface area contributed by atoms with E-state index < -0.39 is 6.04 Å². The SMILES string of the molecule is CC(C)NC(=O)C(C)Nc1cnn(CCO)c(=O)c1Br. The average molecular weight is 347 g/mol. The molecule has 0 bridgehead atoms. The van der Waals surface area contributed by atoms with Gasteiger partial charge in [-0.05, 0) is 36.7 Å². The quantitative estimate of drug-likeness (QED) is 0.689. The van der Waals surface area contributed by atoms with Gasteiger partial charge in [0.05, 0.1) is 25.0 Å². The Morgan fingerprint density at radius 1 is 1.50 bits per heavy atom. The molecule has 3 N–H and O–H groups in total. The molecule has 112 valence electrons. The van der Waals surface area contributed by atoms with Crippen LogP contribution in [-0.4, -0.2) is 39.5 Å². The molecule has 7 nitrogen and oxygen atoms in total. The van der Waals surface area contributed by atoms with Crippen molar-refractivity contribution in [1.82, 2.24) is 15.1 Å². The number of carbonyl (C=O) groups excluding carboxylic acids is 1. The van der Waals surface area contributed by atoms with Crippen molar-refractivity contribution in [3.8, 4) is 0 Å². The van der Waals surface area contributed by atoms with Crippen molar-refractivity contribution in [3.05, 3.63) is 21.0 Å². The van der Waals surface area contributed by atoms with E-state index in [0.29, 0.717) is 5.69 Å². The molecule has 1 rings (SSSR count). The number of anilines is 1. The molecule has 0 saturated heterocycles. The molecule has 1 amide bonds. The molecule has 0 fully saturated rings. The van der Waals surface area contributed by atoms with Gasteiger partial charge in [-0.1, -0.05) is 0 Å². The Labute approximate surface area is 125 Å². The zero-order valence-corrected chi connectivity index (χ0v) is 13.3. The minimum atomic E-state index is -0.497. The second kappa shape index (κ2) is 7.39. The molecule has 0 aliphatic rings. The largest absolute Gasteiger partial charge is 0.394 e. The average Bonchev–Trinajstić information content (AvgIpc) is 2.37. The summed E-state index contributed by atoms with van der Waals surface area (Å²) in [6.07, 6.45) is 1.44. The third-order valence-electron chi connectivity index (χ3n) is 2.49. The minimum Gasteiger partial charge on any atom is -0.394 e. The first-order valence-electron chi connectivity index (χ1n) is 6.30. The van der Waals surface area contributed by atoms with Gasteiger partial charge in [0, 0.05) is 6.04 Å². The molecule has 0 aromatic carbocycles. The lowest BCUT2D eigenvalue weighted by atomic mass is 10.2. The van der Waals surface area contributed by atoms with Crippen molar-refractivity contribution < 1.29 is 9.90 Å². The number of hydrogen-bond acceptors (Lipinski definition) is 5. The molecule has 8 heteroatoms. The first-order valence-corrected chi connectivity index (χ1v) is 7.09. The number of nitrogens with zero attached hydrogens (tertiary/aromatic N) is 2. The zero-order chi connectivity index (χ0) is 15.3. The molecule has 1 unspecified atom stereocenters. The van der Waals surface area contributed by atoms with Gasteiger partial charge in [-0.2, -0.15) is 5.10 Å². The minimum absolute atomic E-state index is 0.0471. The van der Waals surface area contributed by atoms with Crippen LogP contribution < -0.4 is 16.2 Å². The number of rotatable bonds is 6. The maximum Gasteiger partial charge on any atom is 0.283 e. The monoisotopic (exact) mass is 346 g/mol. The van der Waals surface area contributed by atoms with Crippen molar-refractivity contribution in [1.29, 1.82) is 0 Å². The Hall–Kier alpha value is -1.41. The summed E-state index contributed by atoms with van der Waals surface area (Å²) >= 11 is 3.18. The fraction of sp³-hybridized carbons (Fsp3) is 0.583. The van der Waals surface area contributed by atoms with Crippen LogP contribution in [0.2, 0.25) is 0 Å². The summed E-state index contributed by atoms with van der Waals surface area (Å²) in [6.45, 7) is 5.40. The molecule has 20 heavy (non-hydrogen) atoms. The highest BCUT2D eigenvalue weighted by Gasteiger charge is 2.16. The lowest BCUT2D eigenvalue weighted by Gasteiger charge is -2.17. The van der Waals surface area contributed by atoms with Gasteiger partial charge in [-0.3, -0.25) is 9.59 Å². The van der Waals surface area contributed by atoms with Gasteiger partial charge in [0.15, 0.2) is 0 Å². The van der Waals surface area contributed by atoms with Crippen LogP contribution in [0.15, 0.2) is 15.5 Å². The van der Waals surface area contributed by atoms with E-state index in [9.17, 15) is 9.59 Å². The summed E-state index contributed by atoms with van der Waals surface area (Å²) in [5.74, 6) is -0.161. The molecule has 0 aliphatic carbocycles. The number of nitrogens with one attached hydrogen (secondary N) is 2. The summed E-state index contributed by atoms with van der Waals surface area (Å²) in [5.41, 5.74) is 0.0797. The van der Waals surface area contributed by atoms with E-state index in [-0.39, 0.29) is 35.1 Å². The number of aliphatic hydroxyl groups excluding tert-OH is 1. The first kappa shape index (κ1) is 16.6. The van der Waals surface area contributed by atoms with Gasteiger partial charge in [0.2, 0.25) is 5.91 Å². The van der Waals surface area contributed by atoms with Crippen molar-refractivity contribution in [3.63, 3.8) is 0 Å². The number of aromatic nitrogens is 2. The molecule has 0 radical (unpaired) electrons. The Kier molecular flexibility index (Phi) is 6.15. The molecular weight excluding hydrogens is 328 g/mol. The van der Waals surface area contributed by atoms with Crippen LogP contribution in [-0.2, 0) is 11.3 Å². The van der Waals surface area contributed by atoms with E-state index >= 15 is 0 Å². The molecule has 1 aromatic rings. The Morgan fingerprint density at radius 2 is 2.15 bits per heavy atom. The van der Waals surface area contributed by atoms with Crippen LogP contribution in [0.3, 0.4) is 0 Å². The second-order valence-corrected chi connectivity index (χ2v) is 5.45. The summed E-state index contributed by atoms with van der Waals surface area (Å²) in [5, 5.41) is 18.4. The number of carbonyl (C=O) groups is 1. The van der Waals surface area contributed by atoms with E-state index in [1.54, 1.807) is 6.92 Å². The Morgan fingerprint density at radius 3 is 2.70 bits per heavy atom. The van der Waals surface area contributed by atoms with Crippen LogP contribution in [0.5, 0.6) is 0 Å².